The molecule has 1 fully saturated rings. The number of β-lactam (4-membered cyclic amide) rings is 1. The van der Waals surface area contributed by atoms with Gasteiger partial charge in [0, 0.05) is 0 Å². The molecule has 5 heteroatoms. The average Bonchev–Trinajstić information content (AvgIpc) is 2.59. The van der Waals surface area contributed by atoms with E-state index in [2.05, 4.69) is 10.6 Å². The number of ether oxygens (including phenoxy) is 1. The fourth-order valence-electron chi connectivity index (χ4n) is 2.69. The van der Waals surface area contributed by atoms with Gasteiger partial charge < -0.3 is 15.4 Å². The molecule has 1 aliphatic rings. The standard InChI is InChI=1S/C19H20N2O3/c1-19(2)16(17(22)21-19)20-18(23)24-12-13-8-10-15(11-9-13)14-6-4-3-5-7-14/h3-11,16H,12H2,1-2H3,(H,20,23)(H,21,22). The molecule has 2 N–H and O–H groups in total. The Morgan fingerprint density at radius 3 is 2.29 bits per heavy atom. The molecule has 2 aromatic carbocycles. The van der Waals surface area contributed by atoms with Crippen molar-refractivity contribution in [3.8, 4) is 11.1 Å². The molecule has 24 heavy (non-hydrogen) atoms. The summed E-state index contributed by atoms with van der Waals surface area (Å²) < 4.78 is 5.19. The SMILES string of the molecule is CC1(C)NC(=O)C1NC(=O)OCc1ccc(-c2ccccc2)cc1. The highest BCUT2D eigenvalue weighted by atomic mass is 16.5. The molecule has 3 rings (SSSR count). The van der Waals surface area contributed by atoms with Crippen molar-refractivity contribution in [2.75, 3.05) is 0 Å². The Morgan fingerprint density at radius 2 is 1.71 bits per heavy atom. The number of hydrogen-bond acceptors (Lipinski definition) is 3. The van der Waals surface area contributed by atoms with Crippen LogP contribution in [0.3, 0.4) is 0 Å². The van der Waals surface area contributed by atoms with Gasteiger partial charge in [-0.3, -0.25) is 4.79 Å². The van der Waals surface area contributed by atoms with Crippen LogP contribution in [0.25, 0.3) is 11.1 Å². The van der Waals surface area contributed by atoms with Gasteiger partial charge in [-0.1, -0.05) is 54.6 Å². The minimum absolute atomic E-state index is 0.162. The van der Waals surface area contributed by atoms with Gasteiger partial charge in [-0.15, -0.1) is 0 Å². The monoisotopic (exact) mass is 324 g/mol. The van der Waals surface area contributed by atoms with Crippen LogP contribution in [0.1, 0.15) is 19.4 Å². The van der Waals surface area contributed by atoms with Gasteiger partial charge in [-0.05, 0) is 30.5 Å². The van der Waals surface area contributed by atoms with Crippen LogP contribution in [-0.2, 0) is 16.1 Å². The van der Waals surface area contributed by atoms with E-state index in [9.17, 15) is 9.59 Å². The third-order valence-corrected chi connectivity index (χ3v) is 4.12. The van der Waals surface area contributed by atoms with Crippen LogP contribution in [0.4, 0.5) is 4.79 Å². The molecular weight excluding hydrogens is 304 g/mol. The fraction of sp³-hybridized carbons (Fsp3) is 0.263. The minimum Gasteiger partial charge on any atom is -0.445 e. The molecule has 1 unspecified atom stereocenters. The molecule has 0 bridgehead atoms. The first-order valence-corrected chi connectivity index (χ1v) is 7.85. The van der Waals surface area contributed by atoms with Crippen molar-refractivity contribution in [1.29, 1.82) is 0 Å². The molecule has 0 radical (unpaired) electrons. The fourth-order valence-corrected chi connectivity index (χ4v) is 2.69. The average molecular weight is 324 g/mol. The summed E-state index contributed by atoms with van der Waals surface area (Å²) in [5.74, 6) is -0.191. The molecule has 0 aromatic heterocycles. The number of carbonyl (C=O) groups excluding carboxylic acids is 2. The summed E-state index contributed by atoms with van der Waals surface area (Å²) in [5, 5.41) is 5.31. The molecule has 5 nitrogen and oxygen atoms in total. The lowest BCUT2D eigenvalue weighted by molar-refractivity contribution is -0.135. The second kappa shape index (κ2) is 6.35. The number of carbonyl (C=O) groups is 2. The highest BCUT2D eigenvalue weighted by molar-refractivity contribution is 5.93. The topological polar surface area (TPSA) is 67.4 Å². The van der Waals surface area contributed by atoms with Gasteiger partial charge in [0.25, 0.3) is 0 Å². The number of benzene rings is 2. The Kier molecular flexibility index (Phi) is 4.25. The summed E-state index contributed by atoms with van der Waals surface area (Å²) in [6.45, 7) is 3.86. The van der Waals surface area contributed by atoms with Crippen molar-refractivity contribution in [3.05, 3.63) is 60.2 Å². The van der Waals surface area contributed by atoms with Crippen molar-refractivity contribution in [1.82, 2.24) is 10.6 Å². The third-order valence-electron chi connectivity index (χ3n) is 4.12. The first-order valence-electron chi connectivity index (χ1n) is 7.85. The van der Waals surface area contributed by atoms with Crippen LogP contribution in [0.5, 0.6) is 0 Å². The molecule has 1 atom stereocenters. The smallest absolute Gasteiger partial charge is 0.408 e. The maximum atomic E-state index is 11.8. The maximum absolute atomic E-state index is 11.8. The zero-order valence-electron chi connectivity index (χ0n) is 13.7. The lowest BCUT2D eigenvalue weighted by Crippen LogP contribution is -2.75. The summed E-state index contributed by atoms with van der Waals surface area (Å²) in [5.41, 5.74) is 2.70. The molecular formula is C19H20N2O3. The Labute approximate surface area is 141 Å². The summed E-state index contributed by atoms with van der Waals surface area (Å²) >= 11 is 0. The summed E-state index contributed by atoms with van der Waals surface area (Å²) in [7, 11) is 0. The zero-order valence-corrected chi connectivity index (χ0v) is 13.7. The van der Waals surface area contributed by atoms with E-state index in [-0.39, 0.29) is 12.5 Å². The van der Waals surface area contributed by atoms with Crippen molar-refractivity contribution in [2.45, 2.75) is 32.0 Å². The van der Waals surface area contributed by atoms with E-state index < -0.39 is 17.7 Å². The Balaban J connectivity index is 1.53. The van der Waals surface area contributed by atoms with Gasteiger partial charge in [-0.2, -0.15) is 0 Å². The lowest BCUT2D eigenvalue weighted by Gasteiger charge is -2.43. The van der Waals surface area contributed by atoms with Crippen molar-refractivity contribution < 1.29 is 14.3 Å². The molecule has 1 aliphatic heterocycles. The van der Waals surface area contributed by atoms with Crippen LogP contribution in [0, 0.1) is 0 Å². The molecule has 1 heterocycles. The van der Waals surface area contributed by atoms with Gasteiger partial charge in [-0.25, -0.2) is 4.79 Å². The minimum atomic E-state index is -0.588. The van der Waals surface area contributed by atoms with Crippen LogP contribution in [-0.4, -0.2) is 23.6 Å². The van der Waals surface area contributed by atoms with E-state index in [1.807, 2.05) is 68.4 Å². The van der Waals surface area contributed by atoms with E-state index >= 15 is 0 Å². The van der Waals surface area contributed by atoms with Crippen molar-refractivity contribution >= 4 is 12.0 Å². The van der Waals surface area contributed by atoms with E-state index in [0.717, 1.165) is 16.7 Å². The van der Waals surface area contributed by atoms with Crippen LogP contribution in [0.15, 0.2) is 54.6 Å². The molecule has 2 aromatic rings. The first kappa shape index (κ1) is 16.1. The van der Waals surface area contributed by atoms with Crippen LogP contribution < -0.4 is 10.6 Å². The largest absolute Gasteiger partial charge is 0.445 e. The quantitative estimate of drug-likeness (QED) is 0.850. The van der Waals surface area contributed by atoms with E-state index in [1.54, 1.807) is 0 Å². The predicted molar refractivity (Wildman–Crippen MR) is 91.2 cm³/mol. The van der Waals surface area contributed by atoms with Gasteiger partial charge in [0.2, 0.25) is 5.91 Å². The van der Waals surface area contributed by atoms with Crippen LogP contribution >= 0.6 is 0 Å². The summed E-state index contributed by atoms with van der Waals surface area (Å²) in [6, 6.07) is 17.4. The molecule has 0 spiro atoms. The van der Waals surface area contributed by atoms with Crippen molar-refractivity contribution in [2.24, 2.45) is 0 Å². The predicted octanol–water partition coefficient (Wildman–Crippen LogP) is 2.86. The Morgan fingerprint density at radius 1 is 1.08 bits per heavy atom. The number of alkyl carbamates (subject to hydrolysis) is 1. The molecule has 1 saturated heterocycles. The second-order valence-electron chi connectivity index (χ2n) is 6.43. The molecule has 0 aliphatic carbocycles. The zero-order chi connectivity index (χ0) is 17.2. The highest BCUT2D eigenvalue weighted by Gasteiger charge is 2.47. The summed E-state index contributed by atoms with van der Waals surface area (Å²) in [6.07, 6.45) is -0.588. The van der Waals surface area contributed by atoms with Gasteiger partial charge in [0.15, 0.2) is 0 Å². The number of hydrogen-bond donors (Lipinski definition) is 2. The van der Waals surface area contributed by atoms with E-state index in [4.69, 9.17) is 4.74 Å². The first-order chi connectivity index (χ1) is 11.5. The normalized spacial score (nSPS) is 18.2. The number of amides is 2. The van der Waals surface area contributed by atoms with E-state index in [1.165, 1.54) is 0 Å². The molecule has 0 saturated carbocycles. The second-order valence-corrected chi connectivity index (χ2v) is 6.43. The highest BCUT2D eigenvalue weighted by Crippen LogP contribution is 2.20. The van der Waals surface area contributed by atoms with Crippen LogP contribution in [0.2, 0.25) is 0 Å². The molecule has 124 valence electrons. The van der Waals surface area contributed by atoms with Gasteiger partial charge >= 0.3 is 6.09 Å². The van der Waals surface area contributed by atoms with Crippen molar-refractivity contribution in [3.63, 3.8) is 0 Å². The molecule has 2 amide bonds. The summed E-state index contributed by atoms with van der Waals surface area (Å²) in [4.78, 5) is 23.3. The Bertz CT molecular complexity index is 739. The number of nitrogens with one attached hydrogen (secondary N) is 2. The van der Waals surface area contributed by atoms with Gasteiger partial charge in [0.05, 0.1) is 5.54 Å². The maximum Gasteiger partial charge on any atom is 0.408 e. The Hall–Kier alpha value is -2.82. The van der Waals surface area contributed by atoms with E-state index in [0.29, 0.717) is 0 Å². The number of rotatable bonds is 4. The lowest BCUT2D eigenvalue weighted by atomic mass is 9.86. The van der Waals surface area contributed by atoms with Gasteiger partial charge in [0.1, 0.15) is 12.6 Å². The third kappa shape index (κ3) is 3.40.